The van der Waals surface area contributed by atoms with Crippen LogP contribution in [0.4, 0.5) is 0 Å². The van der Waals surface area contributed by atoms with Crippen molar-refractivity contribution >= 4 is 5.97 Å². The summed E-state index contributed by atoms with van der Waals surface area (Å²) in [4.78, 5) is 10.7. The molecule has 1 aromatic rings. The van der Waals surface area contributed by atoms with Crippen LogP contribution in [0.2, 0.25) is 0 Å². The topological polar surface area (TPSA) is 49.3 Å². The number of hydrogen-bond acceptors (Lipinski definition) is 2. The van der Waals surface area contributed by atoms with Crippen LogP contribution in [0.25, 0.3) is 0 Å². The number of hydrogen-bond donors (Lipinski definition) is 2. The SMILES string of the molecule is O=C(O)[C@@H]1CC[C@@H](c2ccccc2)N1. The summed E-state index contributed by atoms with van der Waals surface area (Å²) < 4.78 is 0. The molecule has 0 radical (unpaired) electrons. The van der Waals surface area contributed by atoms with Gasteiger partial charge in [0.25, 0.3) is 0 Å². The third-order valence-electron chi connectivity index (χ3n) is 2.65. The Morgan fingerprint density at radius 2 is 2.00 bits per heavy atom. The molecule has 1 heterocycles. The molecule has 0 aliphatic carbocycles. The molecule has 1 aliphatic heterocycles. The first-order valence-electron chi connectivity index (χ1n) is 4.81. The van der Waals surface area contributed by atoms with Gasteiger partial charge in [0.05, 0.1) is 0 Å². The fourth-order valence-corrected chi connectivity index (χ4v) is 1.89. The fraction of sp³-hybridized carbons (Fsp3) is 0.364. The summed E-state index contributed by atoms with van der Waals surface area (Å²) in [6.07, 6.45) is 1.62. The molecule has 74 valence electrons. The Bertz CT molecular complexity index is 323. The van der Waals surface area contributed by atoms with Crippen molar-refractivity contribution in [2.24, 2.45) is 0 Å². The Balaban J connectivity index is 2.06. The molecule has 1 aromatic carbocycles. The van der Waals surface area contributed by atoms with Crippen molar-refractivity contribution in [3.8, 4) is 0 Å². The van der Waals surface area contributed by atoms with Gasteiger partial charge in [0, 0.05) is 6.04 Å². The van der Waals surface area contributed by atoms with E-state index >= 15 is 0 Å². The lowest BCUT2D eigenvalue weighted by atomic mass is 10.1. The van der Waals surface area contributed by atoms with E-state index in [1.807, 2.05) is 30.3 Å². The molecule has 3 heteroatoms. The number of carboxylic acids is 1. The van der Waals surface area contributed by atoms with Crippen LogP contribution >= 0.6 is 0 Å². The van der Waals surface area contributed by atoms with Crippen LogP contribution in [0.1, 0.15) is 24.4 Å². The van der Waals surface area contributed by atoms with E-state index in [-0.39, 0.29) is 12.1 Å². The fourth-order valence-electron chi connectivity index (χ4n) is 1.89. The molecule has 2 N–H and O–H groups in total. The zero-order valence-electron chi connectivity index (χ0n) is 7.81. The molecule has 1 saturated heterocycles. The summed E-state index contributed by atoms with van der Waals surface area (Å²) in [7, 11) is 0. The van der Waals surface area contributed by atoms with Gasteiger partial charge in [-0.15, -0.1) is 0 Å². The molecule has 0 bridgehead atoms. The molecule has 0 aromatic heterocycles. The van der Waals surface area contributed by atoms with Crippen molar-refractivity contribution < 1.29 is 9.90 Å². The van der Waals surface area contributed by atoms with Crippen molar-refractivity contribution in [3.63, 3.8) is 0 Å². The molecule has 2 rings (SSSR count). The third-order valence-corrected chi connectivity index (χ3v) is 2.65. The number of aliphatic carboxylic acids is 1. The van der Waals surface area contributed by atoms with Gasteiger partial charge in [-0.25, -0.2) is 0 Å². The van der Waals surface area contributed by atoms with Crippen LogP contribution in [-0.4, -0.2) is 17.1 Å². The summed E-state index contributed by atoms with van der Waals surface area (Å²) in [6.45, 7) is 0. The van der Waals surface area contributed by atoms with E-state index in [0.717, 1.165) is 12.8 Å². The monoisotopic (exact) mass is 191 g/mol. The van der Waals surface area contributed by atoms with Crippen molar-refractivity contribution in [3.05, 3.63) is 35.9 Å². The third kappa shape index (κ3) is 1.77. The lowest BCUT2D eigenvalue weighted by Crippen LogP contribution is -2.31. The number of carbonyl (C=O) groups is 1. The average molecular weight is 191 g/mol. The number of carboxylic acid groups (broad SMARTS) is 1. The first-order chi connectivity index (χ1) is 6.77. The molecular weight excluding hydrogens is 178 g/mol. The van der Waals surface area contributed by atoms with Crippen molar-refractivity contribution in [1.82, 2.24) is 5.32 Å². The van der Waals surface area contributed by atoms with Gasteiger partial charge >= 0.3 is 5.97 Å². The second-order valence-electron chi connectivity index (χ2n) is 3.60. The van der Waals surface area contributed by atoms with Crippen molar-refractivity contribution in [1.29, 1.82) is 0 Å². The van der Waals surface area contributed by atoms with E-state index in [1.54, 1.807) is 0 Å². The second-order valence-corrected chi connectivity index (χ2v) is 3.60. The highest BCUT2D eigenvalue weighted by Gasteiger charge is 2.29. The van der Waals surface area contributed by atoms with Crippen LogP contribution in [-0.2, 0) is 4.79 Å². The molecule has 3 nitrogen and oxygen atoms in total. The van der Waals surface area contributed by atoms with Gasteiger partial charge in [-0.2, -0.15) is 0 Å². The van der Waals surface area contributed by atoms with Gasteiger partial charge < -0.3 is 5.11 Å². The maximum atomic E-state index is 10.7. The quantitative estimate of drug-likeness (QED) is 0.746. The standard InChI is InChI=1S/C11H13NO2/c13-11(14)10-7-6-9(12-10)8-4-2-1-3-5-8/h1-5,9-10,12H,6-7H2,(H,13,14)/t9-,10-/m0/s1. The number of benzene rings is 1. The average Bonchev–Trinajstić information content (AvgIpc) is 2.68. The molecule has 0 spiro atoms. The van der Waals surface area contributed by atoms with Crippen LogP contribution in [0, 0.1) is 0 Å². The maximum absolute atomic E-state index is 10.7. The van der Waals surface area contributed by atoms with Gasteiger partial charge in [-0.1, -0.05) is 30.3 Å². The lowest BCUT2D eigenvalue weighted by molar-refractivity contribution is -0.139. The van der Waals surface area contributed by atoms with E-state index in [1.165, 1.54) is 5.56 Å². The molecule has 2 atom stereocenters. The van der Waals surface area contributed by atoms with E-state index in [9.17, 15) is 4.79 Å². The first kappa shape index (κ1) is 9.21. The Morgan fingerprint density at radius 3 is 2.57 bits per heavy atom. The maximum Gasteiger partial charge on any atom is 0.320 e. The molecule has 14 heavy (non-hydrogen) atoms. The smallest absolute Gasteiger partial charge is 0.320 e. The van der Waals surface area contributed by atoms with Crippen molar-refractivity contribution in [2.75, 3.05) is 0 Å². The van der Waals surface area contributed by atoms with Crippen molar-refractivity contribution in [2.45, 2.75) is 24.9 Å². The van der Waals surface area contributed by atoms with Crippen LogP contribution in [0.5, 0.6) is 0 Å². The van der Waals surface area contributed by atoms with Crippen LogP contribution in [0.15, 0.2) is 30.3 Å². The van der Waals surface area contributed by atoms with Crippen LogP contribution in [0.3, 0.4) is 0 Å². The predicted octanol–water partition coefficient (Wildman–Crippen LogP) is 1.56. The zero-order chi connectivity index (χ0) is 9.97. The molecule has 0 saturated carbocycles. The molecular formula is C11H13NO2. The van der Waals surface area contributed by atoms with E-state index in [4.69, 9.17) is 5.11 Å². The summed E-state index contributed by atoms with van der Waals surface area (Å²) in [6, 6.07) is 9.81. The predicted molar refractivity (Wildman–Crippen MR) is 53.0 cm³/mol. The Morgan fingerprint density at radius 1 is 1.29 bits per heavy atom. The minimum atomic E-state index is -0.747. The Labute approximate surface area is 82.8 Å². The summed E-state index contributed by atoms with van der Waals surface area (Å²) in [5.74, 6) is -0.747. The molecule has 1 aliphatic rings. The highest BCUT2D eigenvalue weighted by molar-refractivity contribution is 5.73. The summed E-state index contributed by atoms with van der Waals surface area (Å²) in [5.41, 5.74) is 1.18. The van der Waals surface area contributed by atoms with E-state index in [0.29, 0.717) is 0 Å². The van der Waals surface area contributed by atoms with Crippen LogP contribution < -0.4 is 5.32 Å². The Kier molecular flexibility index (Phi) is 2.50. The Hall–Kier alpha value is -1.35. The van der Waals surface area contributed by atoms with Gasteiger partial charge in [0.15, 0.2) is 0 Å². The minimum absolute atomic E-state index is 0.206. The highest BCUT2D eigenvalue weighted by atomic mass is 16.4. The zero-order valence-corrected chi connectivity index (χ0v) is 7.81. The van der Waals surface area contributed by atoms with Gasteiger partial charge in [-0.3, -0.25) is 10.1 Å². The van der Waals surface area contributed by atoms with Gasteiger partial charge in [0.1, 0.15) is 6.04 Å². The minimum Gasteiger partial charge on any atom is -0.480 e. The van der Waals surface area contributed by atoms with Gasteiger partial charge in [-0.05, 0) is 18.4 Å². The molecule has 0 amide bonds. The first-order valence-corrected chi connectivity index (χ1v) is 4.81. The normalized spacial score (nSPS) is 26.3. The second kappa shape index (κ2) is 3.80. The summed E-state index contributed by atoms with van der Waals surface area (Å²) >= 11 is 0. The highest BCUT2D eigenvalue weighted by Crippen LogP contribution is 2.26. The van der Waals surface area contributed by atoms with E-state index in [2.05, 4.69) is 5.32 Å². The van der Waals surface area contributed by atoms with E-state index < -0.39 is 5.97 Å². The number of rotatable bonds is 2. The lowest BCUT2D eigenvalue weighted by Gasteiger charge is -2.11. The summed E-state index contributed by atoms with van der Waals surface area (Å²) in [5, 5.41) is 11.9. The molecule has 1 fully saturated rings. The molecule has 0 unspecified atom stereocenters. The number of nitrogens with one attached hydrogen (secondary N) is 1. The van der Waals surface area contributed by atoms with Gasteiger partial charge in [0.2, 0.25) is 0 Å². The largest absolute Gasteiger partial charge is 0.480 e.